The van der Waals surface area contributed by atoms with E-state index in [1.54, 1.807) is 7.11 Å². The van der Waals surface area contributed by atoms with E-state index in [1.165, 1.54) is 12.1 Å². The second kappa shape index (κ2) is 7.41. The van der Waals surface area contributed by atoms with Crippen LogP contribution >= 0.6 is 11.6 Å². The molecule has 0 saturated carbocycles. The van der Waals surface area contributed by atoms with Gasteiger partial charge in [0.25, 0.3) is 0 Å². The van der Waals surface area contributed by atoms with Crippen molar-refractivity contribution < 1.29 is 13.5 Å². The summed E-state index contributed by atoms with van der Waals surface area (Å²) >= 11 is 6.00. The van der Waals surface area contributed by atoms with Crippen molar-refractivity contribution in [3.05, 3.63) is 65.2 Å². The Morgan fingerprint density at radius 2 is 1.90 bits per heavy atom. The molecule has 0 spiro atoms. The van der Waals surface area contributed by atoms with Crippen LogP contribution in [0.1, 0.15) is 11.1 Å². The first kappa shape index (κ1) is 15.8. The second-order valence-corrected chi connectivity index (χ2v) is 5.32. The molecule has 0 saturated heterocycles. The van der Waals surface area contributed by atoms with Crippen LogP contribution in [-0.4, -0.2) is 13.0 Å². The predicted molar refractivity (Wildman–Crippen MR) is 81.0 cm³/mol. The average Bonchev–Trinajstić information content (AvgIpc) is 2.49. The number of halogens is 3. The molecular formula is C17H17ClF2O. The summed E-state index contributed by atoms with van der Waals surface area (Å²) in [6, 6.07) is 11.4. The summed E-state index contributed by atoms with van der Waals surface area (Å²) < 4.78 is 31.8. The van der Waals surface area contributed by atoms with Crippen LogP contribution in [0.2, 0.25) is 0 Å². The molecule has 0 aliphatic heterocycles. The first-order valence-electron chi connectivity index (χ1n) is 6.75. The van der Waals surface area contributed by atoms with E-state index in [1.807, 2.05) is 24.3 Å². The second-order valence-electron chi connectivity index (χ2n) is 5.02. The van der Waals surface area contributed by atoms with E-state index in [2.05, 4.69) is 0 Å². The van der Waals surface area contributed by atoms with Crippen LogP contribution < -0.4 is 4.74 Å². The van der Waals surface area contributed by atoms with Crippen LogP contribution in [-0.2, 0) is 12.8 Å². The Balaban J connectivity index is 2.09. The normalized spacial score (nSPS) is 12.2. The van der Waals surface area contributed by atoms with E-state index in [0.717, 1.165) is 23.8 Å². The van der Waals surface area contributed by atoms with Crippen molar-refractivity contribution in [1.82, 2.24) is 0 Å². The zero-order valence-corrected chi connectivity index (χ0v) is 12.5. The number of hydrogen-bond donors (Lipinski definition) is 0. The lowest BCUT2D eigenvalue weighted by Crippen LogP contribution is -2.11. The van der Waals surface area contributed by atoms with Crippen LogP contribution in [0, 0.1) is 17.6 Å². The Morgan fingerprint density at radius 1 is 1.10 bits per heavy atom. The van der Waals surface area contributed by atoms with Gasteiger partial charge >= 0.3 is 0 Å². The monoisotopic (exact) mass is 310 g/mol. The van der Waals surface area contributed by atoms with E-state index in [-0.39, 0.29) is 5.92 Å². The van der Waals surface area contributed by atoms with Gasteiger partial charge in [-0.05, 0) is 48.1 Å². The molecule has 0 bridgehead atoms. The lowest BCUT2D eigenvalue weighted by molar-refractivity contribution is 0.413. The largest absolute Gasteiger partial charge is 0.497 e. The molecule has 0 aliphatic carbocycles. The molecule has 1 atom stereocenters. The molecule has 0 fully saturated rings. The zero-order valence-electron chi connectivity index (χ0n) is 11.8. The fourth-order valence-corrected chi connectivity index (χ4v) is 2.53. The SMILES string of the molecule is COc1cccc(CC(CCl)Cc2ccc(F)cc2F)c1. The summed E-state index contributed by atoms with van der Waals surface area (Å²) in [5, 5.41) is 0. The molecule has 1 unspecified atom stereocenters. The van der Waals surface area contributed by atoms with Gasteiger partial charge in [-0.2, -0.15) is 0 Å². The molecule has 0 aromatic heterocycles. The highest BCUT2D eigenvalue weighted by Gasteiger charge is 2.13. The summed E-state index contributed by atoms with van der Waals surface area (Å²) in [5.41, 5.74) is 1.58. The number of alkyl halides is 1. The molecule has 1 nitrogen and oxygen atoms in total. The maximum absolute atomic E-state index is 13.7. The van der Waals surface area contributed by atoms with Gasteiger partial charge in [0.2, 0.25) is 0 Å². The Kier molecular flexibility index (Phi) is 5.57. The highest BCUT2D eigenvalue weighted by Crippen LogP contribution is 2.21. The van der Waals surface area contributed by atoms with E-state index in [9.17, 15) is 8.78 Å². The maximum atomic E-state index is 13.7. The first-order chi connectivity index (χ1) is 10.1. The van der Waals surface area contributed by atoms with Crippen molar-refractivity contribution >= 4 is 11.6 Å². The van der Waals surface area contributed by atoms with Gasteiger partial charge in [-0.15, -0.1) is 11.6 Å². The summed E-state index contributed by atoms with van der Waals surface area (Å²) in [7, 11) is 1.62. The molecule has 0 aliphatic rings. The molecule has 0 radical (unpaired) electrons. The molecule has 2 aromatic carbocycles. The third-order valence-electron chi connectivity index (χ3n) is 3.40. The fraction of sp³-hybridized carbons (Fsp3) is 0.294. The highest BCUT2D eigenvalue weighted by molar-refractivity contribution is 6.18. The van der Waals surface area contributed by atoms with Crippen molar-refractivity contribution in [1.29, 1.82) is 0 Å². The van der Waals surface area contributed by atoms with Gasteiger partial charge in [0.1, 0.15) is 17.4 Å². The van der Waals surface area contributed by atoms with Gasteiger partial charge in [0.15, 0.2) is 0 Å². The smallest absolute Gasteiger partial charge is 0.129 e. The minimum absolute atomic E-state index is 0.0822. The Morgan fingerprint density at radius 3 is 2.57 bits per heavy atom. The van der Waals surface area contributed by atoms with Gasteiger partial charge in [0, 0.05) is 11.9 Å². The van der Waals surface area contributed by atoms with Crippen LogP contribution in [0.3, 0.4) is 0 Å². The van der Waals surface area contributed by atoms with Crippen LogP contribution in [0.15, 0.2) is 42.5 Å². The summed E-state index contributed by atoms with van der Waals surface area (Å²) in [6.07, 6.45) is 1.20. The van der Waals surface area contributed by atoms with Crippen LogP contribution in [0.25, 0.3) is 0 Å². The van der Waals surface area contributed by atoms with Crippen molar-refractivity contribution in [2.45, 2.75) is 12.8 Å². The molecular weight excluding hydrogens is 294 g/mol. The number of ether oxygens (including phenoxy) is 1. The molecule has 2 rings (SSSR count). The summed E-state index contributed by atoms with van der Waals surface area (Å²) in [5.74, 6) is 0.198. The van der Waals surface area contributed by atoms with Gasteiger partial charge in [0.05, 0.1) is 7.11 Å². The van der Waals surface area contributed by atoms with Gasteiger partial charge in [-0.1, -0.05) is 18.2 Å². The third kappa shape index (κ3) is 4.43. The number of rotatable bonds is 6. The lowest BCUT2D eigenvalue weighted by atomic mass is 9.93. The standard InChI is InChI=1S/C17H17ClF2O/c1-21-16-4-2-3-12(9-16)7-13(11-18)8-14-5-6-15(19)10-17(14)20/h2-6,9-10,13H,7-8,11H2,1H3. The Labute approximate surface area is 128 Å². The van der Waals surface area contributed by atoms with Crippen LogP contribution in [0.4, 0.5) is 8.78 Å². The molecule has 4 heteroatoms. The number of methoxy groups -OCH3 is 1. The molecule has 0 heterocycles. The fourth-order valence-electron chi connectivity index (χ4n) is 2.31. The van der Waals surface area contributed by atoms with Crippen molar-refractivity contribution in [3.8, 4) is 5.75 Å². The maximum Gasteiger partial charge on any atom is 0.129 e. The van der Waals surface area contributed by atoms with Gasteiger partial charge in [-0.25, -0.2) is 8.78 Å². The number of benzene rings is 2. The van der Waals surface area contributed by atoms with Crippen LogP contribution in [0.5, 0.6) is 5.75 Å². The topological polar surface area (TPSA) is 9.23 Å². The highest BCUT2D eigenvalue weighted by atomic mass is 35.5. The first-order valence-corrected chi connectivity index (χ1v) is 7.28. The molecule has 0 N–H and O–H groups in total. The minimum Gasteiger partial charge on any atom is -0.497 e. The lowest BCUT2D eigenvalue weighted by Gasteiger charge is -2.15. The quantitative estimate of drug-likeness (QED) is 0.708. The minimum atomic E-state index is -0.563. The molecule has 0 amide bonds. The van der Waals surface area contributed by atoms with Crippen molar-refractivity contribution in [2.75, 3.05) is 13.0 Å². The predicted octanol–water partition coefficient (Wildman–Crippen LogP) is 4.61. The molecule has 21 heavy (non-hydrogen) atoms. The number of hydrogen-bond acceptors (Lipinski definition) is 1. The third-order valence-corrected chi connectivity index (χ3v) is 3.84. The summed E-state index contributed by atoms with van der Waals surface area (Å²) in [4.78, 5) is 0. The van der Waals surface area contributed by atoms with E-state index >= 15 is 0 Å². The Bertz CT molecular complexity index is 601. The Hall–Kier alpha value is -1.61. The van der Waals surface area contributed by atoms with Crippen molar-refractivity contribution in [2.24, 2.45) is 5.92 Å². The van der Waals surface area contributed by atoms with E-state index in [0.29, 0.717) is 17.9 Å². The summed E-state index contributed by atoms with van der Waals surface area (Å²) in [6.45, 7) is 0. The average molecular weight is 311 g/mol. The molecule has 2 aromatic rings. The van der Waals surface area contributed by atoms with E-state index < -0.39 is 11.6 Å². The van der Waals surface area contributed by atoms with Gasteiger partial charge < -0.3 is 4.74 Å². The zero-order chi connectivity index (χ0) is 15.2. The molecule has 112 valence electrons. The van der Waals surface area contributed by atoms with Crippen molar-refractivity contribution in [3.63, 3.8) is 0 Å². The van der Waals surface area contributed by atoms with E-state index in [4.69, 9.17) is 16.3 Å². The van der Waals surface area contributed by atoms with Gasteiger partial charge in [-0.3, -0.25) is 0 Å².